The lowest BCUT2D eigenvalue weighted by Gasteiger charge is -2.08. The standard InChI is InChI=1S/C11H12O/c1-9-8-11-5-3-2-4-10(11)6-7-12-9/h2-7,9H,8H2,1H3. The van der Waals surface area contributed by atoms with Crippen molar-refractivity contribution in [3.63, 3.8) is 0 Å². The van der Waals surface area contributed by atoms with E-state index in [9.17, 15) is 0 Å². The molecule has 2 rings (SSSR count). The van der Waals surface area contributed by atoms with E-state index in [0.29, 0.717) is 6.10 Å². The summed E-state index contributed by atoms with van der Waals surface area (Å²) < 4.78 is 5.40. The van der Waals surface area contributed by atoms with E-state index in [2.05, 4.69) is 31.2 Å². The van der Waals surface area contributed by atoms with Crippen LogP contribution in [0.5, 0.6) is 0 Å². The molecular weight excluding hydrogens is 148 g/mol. The van der Waals surface area contributed by atoms with Gasteiger partial charge in [-0.15, -0.1) is 0 Å². The third-order valence-electron chi connectivity index (χ3n) is 2.12. The minimum atomic E-state index is 0.296. The molecule has 0 fully saturated rings. The van der Waals surface area contributed by atoms with Crippen LogP contribution in [0.4, 0.5) is 0 Å². The Balaban J connectivity index is 2.41. The highest BCUT2D eigenvalue weighted by Crippen LogP contribution is 2.17. The van der Waals surface area contributed by atoms with Gasteiger partial charge < -0.3 is 4.74 Å². The summed E-state index contributed by atoms with van der Waals surface area (Å²) in [5.41, 5.74) is 2.65. The maximum atomic E-state index is 5.40. The minimum Gasteiger partial charge on any atom is -0.498 e. The van der Waals surface area contributed by atoms with Gasteiger partial charge in [-0.2, -0.15) is 0 Å². The van der Waals surface area contributed by atoms with Crippen LogP contribution in [-0.2, 0) is 11.2 Å². The van der Waals surface area contributed by atoms with Gasteiger partial charge in [0.2, 0.25) is 0 Å². The second-order valence-corrected chi connectivity index (χ2v) is 3.15. The van der Waals surface area contributed by atoms with Gasteiger partial charge in [0.05, 0.1) is 12.4 Å². The Kier molecular flexibility index (Phi) is 1.86. The maximum absolute atomic E-state index is 5.40. The van der Waals surface area contributed by atoms with E-state index in [4.69, 9.17) is 4.74 Å². The van der Waals surface area contributed by atoms with E-state index >= 15 is 0 Å². The molecule has 1 aromatic rings. The third-order valence-corrected chi connectivity index (χ3v) is 2.12. The Morgan fingerprint density at radius 3 is 3.08 bits per heavy atom. The van der Waals surface area contributed by atoms with Crippen molar-refractivity contribution in [2.75, 3.05) is 0 Å². The summed E-state index contributed by atoms with van der Waals surface area (Å²) in [6, 6.07) is 8.40. The summed E-state index contributed by atoms with van der Waals surface area (Å²) in [7, 11) is 0. The number of fused-ring (bicyclic) bond motifs is 1. The topological polar surface area (TPSA) is 9.23 Å². The smallest absolute Gasteiger partial charge is 0.0990 e. The zero-order chi connectivity index (χ0) is 8.39. The van der Waals surface area contributed by atoms with E-state index < -0.39 is 0 Å². The Bertz CT molecular complexity index is 302. The molecule has 1 heterocycles. The predicted molar refractivity (Wildman–Crippen MR) is 49.7 cm³/mol. The lowest BCUT2D eigenvalue weighted by atomic mass is 10.0. The molecule has 0 saturated heterocycles. The maximum Gasteiger partial charge on any atom is 0.0990 e. The van der Waals surface area contributed by atoms with Crippen molar-refractivity contribution in [1.29, 1.82) is 0 Å². The van der Waals surface area contributed by atoms with Crippen molar-refractivity contribution < 1.29 is 4.74 Å². The molecule has 0 spiro atoms. The molecule has 1 atom stereocenters. The first-order valence-electron chi connectivity index (χ1n) is 4.26. The van der Waals surface area contributed by atoms with Crippen molar-refractivity contribution in [3.05, 3.63) is 41.7 Å². The molecule has 0 aliphatic carbocycles. The zero-order valence-electron chi connectivity index (χ0n) is 7.16. The molecule has 0 aromatic heterocycles. The summed E-state index contributed by atoms with van der Waals surface area (Å²) in [5.74, 6) is 0. The van der Waals surface area contributed by atoms with Gasteiger partial charge in [0.1, 0.15) is 0 Å². The van der Waals surface area contributed by atoms with Crippen LogP contribution in [0.3, 0.4) is 0 Å². The normalized spacial score (nSPS) is 20.9. The fraction of sp³-hybridized carbons (Fsp3) is 0.273. The van der Waals surface area contributed by atoms with Crippen LogP contribution in [0, 0.1) is 0 Å². The van der Waals surface area contributed by atoms with Crippen LogP contribution >= 0.6 is 0 Å². The fourth-order valence-electron chi connectivity index (χ4n) is 1.49. The van der Waals surface area contributed by atoms with Gasteiger partial charge in [-0.3, -0.25) is 0 Å². The molecule has 1 heteroatoms. The predicted octanol–water partition coefficient (Wildman–Crippen LogP) is 2.62. The minimum absolute atomic E-state index is 0.296. The van der Waals surface area contributed by atoms with Gasteiger partial charge in [-0.05, 0) is 24.1 Å². The Morgan fingerprint density at radius 1 is 1.33 bits per heavy atom. The monoisotopic (exact) mass is 160 g/mol. The first-order chi connectivity index (χ1) is 5.86. The van der Waals surface area contributed by atoms with E-state index in [1.807, 2.05) is 6.08 Å². The molecule has 1 unspecified atom stereocenters. The summed E-state index contributed by atoms with van der Waals surface area (Å²) in [6.07, 6.45) is 5.11. The average Bonchev–Trinajstić information content (AvgIpc) is 2.25. The van der Waals surface area contributed by atoms with E-state index in [-0.39, 0.29) is 0 Å². The molecule has 1 aliphatic rings. The number of benzene rings is 1. The number of rotatable bonds is 0. The highest BCUT2D eigenvalue weighted by molar-refractivity contribution is 5.53. The highest BCUT2D eigenvalue weighted by atomic mass is 16.5. The molecule has 0 N–H and O–H groups in total. The molecule has 1 nitrogen and oxygen atoms in total. The van der Waals surface area contributed by atoms with Crippen LogP contribution < -0.4 is 0 Å². The lowest BCUT2D eigenvalue weighted by molar-refractivity contribution is 0.166. The van der Waals surface area contributed by atoms with Gasteiger partial charge in [-0.25, -0.2) is 0 Å². The van der Waals surface area contributed by atoms with Gasteiger partial charge >= 0.3 is 0 Å². The molecule has 0 radical (unpaired) electrons. The Hall–Kier alpha value is -1.24. The first-order valence-corrected chi connectivity index (χ1v) is 4.26. The summed E-state index contributed by atoms with van der Waals surface area (Å²) >= 11 is 0. The van der Waals surface area contributed by atoms with Gasteiger partial charge in [0.25, 0.3) is 0 Å². The van der Waals surface area contributed by atoms with Crippen molar-refractivity contribution in [3.8, 4) is 0 Å². The van der Waals surface area contributed by atoms with Crippen molar-refractivity contribution in [2.45, 2.75) is 19.4 Å². The first kappa shape index (κ1) is 7.41. The molecule has 0 amide bonds. The average molecular weight is 160 g/mol. The van der Waals surface area contributed by atoms with Crippen molar-refractivity contribution in [2.24, 2.45) is 0 Å². The molecule has 12 heavy (non-hydrogen) atoms. The van der Waals surface area contributed by atoms with E-state index in [1.54, 1.807) is 6.26 Å². The summed E-state index contributed by atoms with van der Waals surface area (Å²) in [4.78, 5) is 0. The molecule has 62 valence electrons. The number of hydrogen-bond donors (Lipinski definition) is 0. The number of ether oxygens (including phenoxy) is 1. The highest BCUT2D eigenvalue weighted by Gasteiger charge is 2.08. The van der Waals surface area contributed by atoms with Crippen LogP contribution in [0.15, 0.2) is 30.5 Å². The molecule has 1 aromatic carbocycles. The van der Waals surface area contributed by atoms with E-state index in [1.165, 1.54) is 11.1 Å². The second-order valence-electron chi connectivity index (χ2n) is 3.15. The van der Waals surface area contributed by atoms with Crippen LogP contribution in [0.1, 0.15) is 18.1 Å². The fourth-order valence-corrected chi connectivity index (χ4v) is 1.49. The summed E-state index contributed by atoms with van der Waals surface area (Å²) in [6.45, 7) is 2.09. The van der Waals surface area contributed by atoms with Crippen LogP contribution in [0.2, 0.25) is 0 Å². The van der Waals surface area contributed by atoms with Gasteiger partial charge in [-0.1, -0.05) is 24.3 Å². The van der Waals surface area contributed by atoms with Gasteiger partial charge in [0.15, 0.2) is 0 Å². The second kappa shape index (κ2) is 3.02. The molecule has 0 bridgehead atoms. The third kappa shape index (κ3) is 1.35. The Labute approximate surface area is 72.7 Å². The molecular formula is C11H12O. The quantitative estimate of drug-likeness (QED) is 0.567. The molecule has 1 aliphatic heterocycles. The van der Waals surface area contributed by atoms with Crippen LogP contribution in [0.25, 0.3) is 6.08 Å². The Morgan fingerprint density at radius 2 is 2.17 bits per heavy atom. The van der Waals surface area contributed by atoms with Gasteiger partial charge in [0, 0.05) is 6.42 Å². The van der Waals surface area contributed by atoms with Crippen molar-refractivity contribution >= 4 is 6.08 Å². The zero-order valence-corrected chi connectivity index (χ0v) is 7.16. The van der Waals surface area contributed by atoms with Crippen molar-refractivity contribution in [1.82, 2.24) is 0 Å². The van der Waals surface area contributed by atoms with Crippen LogP contribution in [-0.4, -0.2) is 6.10 Å². The summed E-state index contributed by atoms with van der Waals surface area (Å²) in [5, 5.41) is 0. The lowest BCUT2D eigenvalue weighted by Crippen LogP contribution is -2.06. The number of hydrogen-bond acceptors (Lipinski definition) is 1. The van der Waals surface area contributed by atoms with E-state index in [0.717, 1.165) is 6.42 Å². The SMILES string of the molecule is CC1Cc2ccccc2C=CO1. The molecule has 0 saturated carbocycles. The largest absolute Gasteiger partial charge is 0.498 e.